The van der Waals surface area contributed by atoms with Crippen LogP contribution in [0, 0.1) is 6.92 Å². The highest BCUT2D eigenvalue weighted by molar-refractivity contribution is 6.22. The van der Waals surface area contributed by atoms with E-state index in [4.69, 9.17) is 9.47 Å². The van der Waals surface area contributed by atoms with Crippen LogP contribution in [0.15, 0.2) is 36.4 Å². The Bertz CT molecular complexity index is 868. The van der Waals surface area contributed by atoms with Crippen LogP contribution >= 0.6 is 0 Å². The van der Waals surface area contributed by atoms with Gasteiger partial charge in [-0.1, -0.05) is 19.1 Å². The van der Waals surface area contributed by atoms with Gasteiger partial charge < -0.3 is 14.8 Å². The van der Waals surface area contributed by atoms with E-state index in [-0.39, 0.29) is 17.6 Å². The number of hydrogen-bond acceptors (Lipinski definition) is 5. The van der Waals surface area contributed by atoms with Gasteiger partial charge in [-0.25, -0.2) is 9.69 Å². The molecule has 1 aliphatic rings. The van der Waals surface area contributed by atoms with Crippen molar-refractivity contribution in [1.82, 2.24) is 10.3 Å². The van der Waals surface area contributed by atoms with Crippen molar-refractivity contribution in [2.75, 3.05) is 12.0 Å². The first-order valence-electron chi connectivity index (χ1n) is 8.34. The normalized spacial score (nSPS) is 19.5. The molecular formula is C19H21N3O4. The largest absolute Gasteiger partial charge is 0.496 e. The van der Waals surface area contributed by atoms with Crippen molar-refractivity contribution in [2.24, 2.45) is 0 Å². The van der Waals surface area contributed by atoms with Crippen molar-refractivity contribution in [2.45, 2.75) is 32.7 Å². The van der Waals surface area contributed by atoms with Crippen LogP contribution in [0.3, 0.4) is 0 Å². The molecule has 136 valence electrons. The minimum atomic E-state index is -0.917. The second-order valence-corrected chi connectivity index (χ2v) is 6.32. The maximum Gasteiger partial charge on any atom is 0.330 e. The fourth-order valence-corrected chi connectivity index (χ4v) is 2.70. The average Bonchev–Trinajstić information content (AvgIpc) is 2.86. The Morgan fingerprint density at radius 2 is 2.00 bits per heavy atom. The molecule has 0 unspecified atom stereocenters. The number of pyridine rings is 1. The van der Waals surface area contributed by atoms with Crippen molar-refractivity contribution in [1.29, 1.82) is 0 Å². The number of aryl methyl sites for hydroxylation is 1. The number of carbonyl (C=O) groups is 2. The Morgan fingerprint density at radius 1 is 1.23 bits per heavy atom. The summed E-state index contributed by atoms with van der Waals surface area (Å²) in [6, 6.07) is 9.89. The summed E-state index contributed by atoms with van der Waals surface area (Å²) in [5.41, 5.74) is 0.0692. The minimum Gasteiger partial charge on any atom is -0.496 e. The van der Waals surface area contributed by atoms with Crippen LogP contribution in [0.2, 0.25) is 0 Å². The number of methoxy groups -OCH3 is 1. The van der Waals surface area contributed by atoms with Gasteiger partial charge in [0, 0.05) is 12.1 Å². The van der Waals surface area contributed by atoms with Gasteiger partial charge in [0.1, 0.15) is 22.9 Å². The van der Waals surface area contributed by atoms with Crippen LogP contribution in [0.5, 0.6) is 17.4 Å². The summed E-state index contributed by atoms with van der Waals surface area (Å²) in [7, 11) is 1.59. The van der Waals surface area contributed by atoms with E-state index in [2.05, 4.69) is 10.3 Å². The highest BCUT2D eigenvalue weighted by atomic mass is 16.5. The van der Waals surface area contributed by atoms with Gasteiger partial charge in [-0.3, -0.25) is 4.79 Å². The Morgan fingerprint density at radius 3 is 2.65 bits per heavy atom. The van der Waals surface area contributed by atoms with Crippen LogP contribution < -0.4 is 19.7 Å². The second kappa shape index (κ2) is 6.67. The highest BCUT2D eigenvalue weighted by Gasteiger charge is 2.47. The van der Waals surface area contributed by atoms with E-state index in [9.17, 15) is 9.59 Å². The van der Waals surface area contributed by atoms with Gasteiger partial charge in [0.2, 0.25) is 5.88 Å². The molecule has 1 aliphatic heterocycles. The first kappa shape index (κ1) is 17.7. The zero-order chi connectivity index (χ0) is 18.9. The Hall–Kier alpha value is -3.09. The number of nitrogens with one attached hydrogen (secondary N) is 1. The third kappa shape index (κ3) is 3.08. The number of urea groups is 1. The second-order valence-electron chi connectivity index (χ2n) is 6.32. The molecule has 0 radical (unpaired) electrons. The summed E-state index contributed by atoms with van der Waals surface area (Å²) in [5.74, 6) is 1.42. The molecule has 2 aromatic rings. The summed E-state index contributed by atoms with van der Waals surface area (Å²) in [5, 5.41) is 2.71. The fourth-order valence-electron chi connectivity index (χ4n) is 2.70. The molecule has 7 heteroatoms. The van der Waals surface area contributed by atoms with E-state index in [0.29, 0.717) is 17.9 Å². The lowest BCUT2D eigenvalue weighted by atomic mass is 9.99. The van der Waals surface area contributed by atoms with E-state index >= 15 is 0 Å². The van der Waals surface area contributed by atoms with Crippen molar-refractivity contribution in [3.05, 3.63) is 42.0 Å². The lowest BCUT2D eigenvalue weighted by Gasteiger charge is -2.19. The van der Waals surface area contributed by atoms with Crippen LogP contribution in [0.25, 0.3) is 0 Å². The molecule has 7 nitrogen and oxygen atoms in total. The third-order valence-electron chi connectivity index (χ3n) is 4.51. The molecule has 1 aromatic heterocycles. The molecule has 3 rings (SSSR count). The number of amides is 3. The van der Waals surface area contributed by atoms with Crippen molar-refractivity contribution < 1.29 is 19.1 Å². The zero-order valence-corrected chi connectivity index (χ0v) is 15.2. The predicted molar refractivity (Wildman–Crippen MR) is 96.8 cm³/mol. The maximum absolute atomic E-state index is 12.6. The molecule has 2 heterocycles. The molecule has 1 fully saturated rings. The highest BCUT2D eigenvalue weighted by Crippen LogP contribution is 2.30. The van der Waals surface area contributed by atoms with Crippen LogP contribution in [0.4, 0.5) is 10.6 Å². The number of aromatic nitrogens is 1. The monoisotopic (exact) mass is 355 g/mol. The van der Waals surface area contributed by atoms with Crippen molar-refractivity contribution in [3.8, 4) is 17.4 Å². The lowest BCUT2D eigenvalue weighted by molar-refractivity contribution is -0.121. The minimum absolute atomic E-state index is 0.223. The zero-order valence-electron chi connectivity index (χ0n) is 15.2. The number of ether oxygens (including phenoxy) is 2. The van der Waals surface area contributed by atoms with Crippen LogP contribution in [0.1, 0.15) is 25.8 Å². The molecule has 0 bridgehead atoms. The molecule has 0 saturated carbocycles. The Labute approximate surface area is 151 Å². The molecule has 26 heavy (non-hydrogen) atoms. The van der Waals surface area contributed by atoms with E-state index in [1.807, 2.05) is 19.9 Å². The SMILES string of the molecule is CC[C@@]1(C)NC(=O)N(c2cccc(Oc3ccc(C)c(OC)c3)n2)C1=O. The summed E-state index contributed by atoms with van der Waals surface area (Å²) >= 11 is 0. The molecular weight excluding hydrogens is 334 g/mol. The number of hydrogen-bond donors (Lipinski definition) is 1. The van der Waals surface area contributed by atoms with Gasteiger partial charge in [0.15, 0.2) is 0 Å². The maximum atomic E-state index is 12.6. The van der Waals surface area contributed by atoms with E-state index in [1.165, 1.54) is 0 Å². The smallest absolute Gasteiger partial charge is 0.330 e. The Kier molecular flexibility index (Phi) is 4.54. The summed E-state index contributed by atoms with van der Waals surface area (Å²) in [6.45, 7) is 5.48. The first-order valence-corrected chi connectivity index (χ1v) is 8.34. The Balaban J connectivity index is 1.87. The average molecular weight is 355 g/mol. The number of imide groups is 1. The molecule has 1 atom stereocenters. The number of anilines is 1. The number of nitrogens with zero attached hydrogens (tertiary/aromatic N) is 2. The van der Waals surface area contributed by atoms with Gasteiger partial charge in [-0.15, -0.1) is 0 Å². The third-order valence-corrected chi connectivity index (χ3v) is 4.51. The van der Waals surface area contributed by atoms with Crippen LogP contribution in [-0.4, -0.2) is 29.6 Å². The van der Waals surface area contributed by atoms with Gasteiger partial charge >= 0.3 is 6.03 Å². The number of rotatable bonds is 5. The first-order chi connectivity index (χ1) is 12.4. The molecule has 1 N–H and O–H groups in total. The molecule has 0 spiro atoms. The summed E-state index contributed by atoms with van der Waals surface area (Å²) in [4.78, 5) is 30.2. The van der Waals surface area contributed by atoms with Gasteiger partial charge in [-0.2, -0.15) is 4.98 Å². The van der Waals surface area contributed by atoms with Gasteiger partial charge in [0.05, 0.1) is 7.11 Å². The van der Waals surface area contributed by atoms with Crippen molar-refractivity contribution >= 4 is 17.8 Å². The van der Waals surface area contributed by atoms with Gasteiger partial charge in [-0.05, 0) is 38.0 Å². The van der Waals surface area contributed by atoms with Crippen LogP contribution in [-0.2, 0) is 4.79 Å². The summed E-state index contributed by atoms with van der Waals surface area (Å²) in [6.07, 6.45) is 0.493. The van der Waals surface area contributed by atoms with E-state index < -0.39 is 11.6 Å². The molecule has 0 aliphatic carbocycles. The quantitative estimate of drug-likeness (QED) is 0.831. The molecule has 1 aromatic carbocycles. The standard InChI is InChI=1S/C19H21N3O4/c1-5-19(3)17(23)22(18(24)21-19)15-7-6-8-16(20-15)26-13-10-9-12(2)14(11-13)25-4/h6-11H,5H2,1-4H3,(H,21,24)/t19-/m1/s1. The lowest BCUT2D eigenvalue weighted by Crippen LogP contribution is -2.43. The molecule has 3 amide bonds. The predicted octanol–water partition coefficient (Wildman–Crippen LogP) is 3.42. The summed E-state index contributed by atoms with van der Waals surface area (Å²) < 4.78 is 11.0. The fraction of sp³-hybridized carbons (Fsp3) is 0.316. The van der Waals surface area contributed by atoms with E-state index in [1.54, 1.807) is 44.4 Å². The number of carbonyl (C=O) groups excluding carboxylic acids is 2. The molecule has 1 saturated heterocycles. The van der Waals surface area contributed by atoms with E-state index in [0.717, 1.165) is 10.5 Å². The number of benzene rings is 1. The van der Waals surface area contributed by atoms with Crippen molar-refractivity contribution in [3.63, 3.8) is 0 Å². The topological polar surface area (TPSA) is 80.8 Å². The van der Waals surface area contributed by atoms with Gasteiger partial charge in [0.25, 0.3) is 5.91 Å².